The number of rotatable bonds is 2. The Labute approximate surface area is 92.9 Å². The second-order valence-electron chi connectivity index (χ2n) is 5.33. The Bertz CT molecular complexity index is 341. The van der Waals surface area contributed by atoms with Crippen LogP contribution in [0.4, 0.5) is 0 Å². The molecule has 0 aliphatic carbocycles. The van der Waals surface area contributed by atoms with Crippen LogP contribution in [0.2, 0.25) is 0 Å². The third-order valence-electron chi connectivity index (χ3n) is 3.66. The third kappa shape index (κ3) is 2.40. The van der Waals surface area contributed by atoms with Crippen molar-refractivity contribution < 1.29 is 0 Å². The lowest BCUT2D eigenvalue weighted by atomic mass is 9.84. The first-order chi connectivity index (χ1) is 7.08. The van der Waals surface area contributed by atoms with E-state index in [4.69, 9.17) is 0 Å². The molecule has 1 aliphatic heterocycles. The van der Waals surface area contributed by atoms with Crippen molar-refractivity contribution in [1.29, 1.82) is 0 Å². The van der Waals surface area contributed by atoms with Crippen molar-refractivity contribution in [1.82, 2.24) is 5.32 Å². The molecule has 1 N–H and O–H groups in total. The summed E-state index contributed by atoms with van der Waals surface area (Å²) in [5.74, 6) is 0.777. The van der Waals surface area contributed by atoms with Gasteiger partial charge in [-0.2, -0.15) is 0 Å². The summed E-state index contributed by atoms with van der Waals surface area (Å²) in [6.45, 7) is 7.98. The van der Waals surface area contributed by atoms with Gasteiger partial charge < -0.3 is 5.32 Å². The van der Waals surface area contributed by atoms with Gasteiger partial charge in [-0.25, -0.2) is 0 Å². The number of hydrogen-bond donors (Lipinski definition) is 1. The summed E-state index contributed by atoms with van der Waals surface area (Å²) < 4.78 is 0. The molecule has 1 atom stereocenters. The predicted molar refractivity (Wildman–Crippen MR) is 65.1 cm³/mol. The number of benzene rings is 1. The van der Waals surface area contributed by atoms with Gasteiger partial charge in [0.1, 0.15) is 0 Å². The quantitative estimate of drug-likeness (QED) is 0.779. The lowest BCUT2D eigenvalue weighted by Gasteiger charge is -2.27. The molecule has 1 unspecified atom stereocenters. The fraction of sp³-hybridized carbons (Fsp3) is 0.571. The Kier molecular flexibility index (Phi) is 2.83. The molecule has 1 heteroatoms. The van der Waals surface area contributed by atoms with Crippen LogP contribution >= 0.6 is 0 Å². The summed E-state index contributed by atoms with van der Waals surface area (Å²) in [7, 11) is 0. The van der Waals surface area contributed by atoms with E-state index in [2.05, 4.69) is 50.4 Å². The zero-order valence-corrected chi connectivity index (χ0v) is 10.0. The van der Waals surface area contributed by atoms with Crippen LogP contribution in [-0.2, 0) is 6.42 Å². The molecular weight excluding hydrogens is 182 g/mol. The van der Waals surface area contributed by atoms with Crippen LogP contribution in [0.5, 0.6) is 0 Å². The van der Waals surface area contributed by atoms with Gasteiger partial charge in [0.2, 0.25) is 0 Å². The fourth-order valence-corrected chi connectivity index (χ4v) is 2.55. The van der Waals surface area contributed by atoms with Gasteiger partial charge in [0.25, 0.3) is 0 Å². The van der Waals surface area contributed by atoms with Gasteiger partial charge in [-0.15, -0.1) is 0 Å². The Balaban J connectivity index is 2.09. The molecule has 82 valence electrons. The molecule has 1 aromatic carbocycles. The molecule has 1 nitrogen and oxygen atoms in total. The topological polar surface area (TPSA) is 12.0 Å². The first-order valence-electron chi connectivity index (χ1n) is 5.88. The van der Waals surface area contributed by atoms with Gasteiger partial charge in [0.15, 0.2) is 0 Å². The zero-order valence-electron chi connectivity index (χ0n) is 10.0. The number of hydrogen-bond acceptors (Lipinski definition) is 1. The van der Waals surface area contributed by atoms with E-state index in [1.165, 1.54) is 30.5 Å². The van der Waals surface area contributed by atoms with Crippen molar-refractivity contribution in [2.75, 3.05) is 6.54 Å². The third-order valence-corrected chi connectivity index (χ3v) is 3.66. The molecule has 2 rings (SSSR count). The monoisotopic (exact) mass is 203 g/mol. The second kappa shape index (κ2) is 3.97. The average molecular weight is 203 g/mol. The van der Waals surface area contributed by atoms with Crippen molar-refractivity contribution in [3.05, 3.63) is 35.4 Å². The largest absolute Gasteiger partial charge is 0.311 e. The van der Waals surface area contributed by atoms with Crippen LogP contribution in [0, 0.1) is 12.8 Å². The highest BCUT2D eigenvalue weighted by atomic mass is 15.0. The minimum Gasteiger partial charge on any atom is -0.311 e. The molecule has 0 amide bonds. The van der Waals surface area contributed by atoms with E-state index in [-0.39, 0.29) is 0 Å². The van der Waals surface area contributed by atoms with Crippen molar-refractivity contribution in [2.45, 2.75) is 39.2 Å². The molecule has 1 aliphatic rings. The first-order valence-corrected chi connectivity index (χ1v) is 5.88. The standard InChI is InChI=1S/C14H21N/c1-11-5-4-6-12(9-11)10-13-7-8-15-14(13,2)3/h4-6,9,13,15H,7-8,10H2,1-3H3. The van der Waals surface area contributed by atoms with E-state index in [1.807, 2.05) is 0 Å². The SMILES string of the molecule is Cc1cccc(CC2CCNC2(C)C)c1. The van der Waals surface area contributed by atoms with E-state index < -0.39 is 0 Å². The first kappa shape index (κ1) is 10.7. The Morgan fingerprint density at radius 3 is 2.80 bits per heavy atom. The van der Waals surface area contributed by atoms with Crippen molar-refractivity contribution in [3.63, 3.8) is 0 Å². The van der Waals surface area contributed by atoms with E-state index in [0.717, 1.165) is 5.92 Å². The zero-order chi connectivity index (χ0) is 10.9. The average Bonchev–Trinajstić information content (AvgIpc) is 2.46. The summed E-state index contributed by atoms with van der Waals surface area (Å²) in [4.78, 5) is 0. The number of aryl methyl sites for hydroxylation is 1. The van der Waals surface area contributed by atoms with Crippen molar-refractivity contribution in [2.24, 2.45) is 5.92 Å². The van der Waals surface area contributed by atoms with E-state index in [1.54, 1.807) is 0 Å². The highest BCUT2D eigenvalue weighted by molar-refractivity contribution is 5.23. The van der Waals surface area contributed by atoms with Gasteiger partial charge >= 0.3 is 0 Å². The predicted octanol–water partition coefficient (Wildman–Crippen LogP) is 2.93. The molecule has 1 aromatic rings. The molecule has 15 heavy (non-hydrogen) atoms. The molecule has 1 saturated heterocycles. The van der Waals surface area contributed by atoms with Crippen LogP contribution in [0.15, 0.2) is 24.3 Å². The maximum Gasteiger partial charge on any atom is 0.0156 e. The summed E-state index contributed by atoms with van der Waals surface area (Å²) in [6, 6.07) is 8.90. The van der Waals surface area contributed by atoms with Gasteiger partial charge in [-0.3, -0.25) is 0 Å². The minimum atomic E-state index is 0.309. The summed E-state index contributed by atoms with van der Waals surface area (Å²) >= 11 is 0. The fourth-order valence-electron chi connectivity index (χ4n) is 2.55. The van der Waals surface area contributed by atoms with E-state index >= 15 is 0 Å². The van der Waals surface area contributed by atoms with Gasteiger partial charge in [0.05, 0.1) is 0 Å². The van der Waals surface area contributed by atoms with E-state index in [9.17, 15) is 0 Å². The number of nitrogens with one attached hydrogen (secondary N) is 1. The molecule has 0 spiro atoms. The molecule has 0 bridgehead atoms. The lowest BCUT2D eigenvalue weighted by molar-refractivity contribution is 0.332. The van der Waals surface area contributed by atoms with Crippen molar-refractivity contribution >= 4 is 0 Å². The summed E-state index contributed by atoms with van der Waals surface area (Å²) in [6.07, 6.45) is 2.52. The lowest BCUT2D eigenvalue weighted by Crippen LogP contribution is -2.38. The highest BCUT2D eigenvalue weighted by Crippen LogP contribution is 2.29. The minimum absolute atomic E-state index is 0.309. The van der Waals surface area contributed by atoms with Gasteiger partial charge in [0, 0.05) is 5.54 Å². The normalized spacial score (nSPS) is 24.3. The Hall–Kier alpha value is -0.820. The van der Waals surface area contributed by atoms with Crippen LogP contribution in [0.3, 0.4) is 0 Å². The molecule has 0 saturated carbocycles. The summed E-state index contributed by atoms with van der Waals surface area (Å²) in [5.41, 5.74) is 3.16. The van der Waals surface area contributed by atoms with Gasteiger partial charge in [-0.1, -0.05) is 29.8 Å². The molecule has 1 fully saturated rings. The smallest absolute Gasteiger partial charge is 0.0156 e. The van der Waals surface area contributed by atoms with Crippen LogP contribution in [0.25, 0.3) is 0 Å². The Morgan fingerprint density at radius 2 is 2.20 bits per heavy atom. The van der Waals surface area contributed by atoms with Crippen LogP contribution in [0.1, 0.15) is 31.4 Å². The molecular formula is C14H21N. The van der Waals surface area contributed by atoms with Crippen LogP contribution < -0.4 is 5.32 Å². The summed E-state index contributed by atoms with van der Waals surface area (Å²) in [5, 5.41) is 3.58. The van der Waals surface area contributed by atoms with Crippen molar-refractivity contribution in [3.8, 4) is 0 Å². The highest BCUT2D eigenvalue weighted by Gasteiger charge is 2.33. The molecule has 0 radical (unpaired) electrons. The molecule has 1 heterocycles. The van der Waals surface area contributed by atoms with E-state index in [0.29, 0.717) is 5.54 Å². The van der Waals surface area contributed by atoms with Gasteiger partial charge in [-0.05, 0) is 51.6 Å². The molecule has 0 aromatic heterocycles. The maximum atomic E-state index is 3.58. The second-order valence-corrected chi connectivity index (χ2v) is 5.33. The van der Waals surface area contributed by atoms with Crippen LogP contribution in [-0.4, -0.2) is 12.1 Å². The Morgan fingerprint density at radius 1 is 1.40 bits per heavy atom. The maximum absolute atomic E-state index is 3.58.